The van der Waals surface area contributed by atoms with Gasteiger partial charge in [0.15, 0.2) is 0 Å². The van der Waals surface area contributed by atoms with Gasteiger partial charge in [-0.15, -0.1) is 11.6 Å². The first-order chi connectivity index (χ1) is 8.16. The molecule has 1 aromatic carbocycles. The van der Waals surface area contributed by atoms with Crippen molar-refractivity contribution in [1.29, 1.82) is 0 Å². The van der Waals surface area contributed by atoms with E-state index in [1.807, 2.05) is 44.2 Å². The van der Waals surface area contributed by atoms with Crippen LogP contribution in [-0.2, 0) is 0 Å². The fourth-order valence-electron chi connectivity index (χ4n) is 1.62. The minimum absolute atomic E-state index is 0.0402. The van der Waals surface area contributed by atoms with Crippen molar-refractivity contribution in [2.75, 3.05) is 5.32 Å². The first kappa shape index (κ1) is 11.9. The van der Waals surface area contributed by atoms with Crippen LogP contribution in [0.15, 0.2) is 36.7 Å². The summed E-state index contributed by atoms with van der Waals surface area (Å²) in [4.78, 5) is 8.23. The average molecular weight is 248 g/mol. The van der Waals surface area contributed by atoms with Crippen molar-refractivity contribution in [2.24, 2.45) is 0 Å². The summed E-state index contributed by atoms with van der Waals surface area (Å²) in [7, 11) is 0. The van der Waals surface area contributed by atoms with E-state index >= 15 is 0 Å². The number of hydrogen-bond acceptors (Lipinski definition) is 3. The first-order valence-electron chi connectivity index (χ1n) is 5.45. The number of anilines is 2. The zero-order chi connectivity index (χ0) is 12.3. The zero-order valence-electron chi connectivity index (χ0n) is 9.81. The molecule has 0 saturated carbocycles. The van der Waals surface area contributed by atoms with Gasteiger partial charge in [0, 0.05) is 17.4 Å². The van der Waals surface area contributed by atoms with Crippen LogP contribution >= 0.6 is 11.6 Å². The molecule has 0 fully saturated rings. The number of nitrogens with zero attached hydrogens (tertiary/aromatic N) is 2. The highest BCUT2D eigenvalue weighted by atomic mass is 35.5. The Kier molecular flexibility index (Phi) is 3.59. The van der Waals surface area contributed by atoms with Crippen LogP contribution in [0.5, 0.6) is 0 Å². The third kappa shape index (κ3) is 2.94. The van der Waals surface area contributed by atoms with E-state index in [-0.39, 0.29) is 5.38 Å². The van der Waals surface area contributed by atoms with E-state index in [4.69, 9.17) is 11.6 Å². The second-order valence-electron chi connectivity index (χ2n) is 3.87. The molecule has 3 nitrogen and oxygen atoms in total. The molecule has 0 aliphatic carbocycles. The Balaban J connectivity index is 2.30. The SMILES string of the molecule is Cc1cc(Nc2ccccc2C(C)Cl)ncn1. The van der Waals surface area contributed by atoms with Crippen molar-refractivity contribution in [1.82, 2.24) is 9.97 Å². The number of para-hydroxylation sites is 1. The van der Waals surface area contributed by atoms with Crippen LogP contribution in [0.2, 0.25) is 0 Å². The lowest BCUT2D eigenvalue weighted by molar-refractivity contribution is 1.07. The number of rotatable bonds is 3. The fourth-order valence-corrected chi connectivity index (χ4v) is 1.81. The number of aromatic nitrogens is 2. The van der Waals surface area contributed by atoms with Crippen LogP contribution in [0.25, 0.3) is 0 Å². The maximum absolute atomic E-state index is 6.13. The van der Waals surface area contributed by atoms with Crippen LogP contribution in [-0.4, -0.2) is 9.97 Å². The van der Waals surface area contributed by atoms with Gasteiger partial charge in [-0.1, -0.05) is 18.2 Å². The fraction of sp³-hybridized carbons (Fsp3) is 0.231. The Labute approximate surface area is 106 Å². The molecule has 0 spiro atoms. The summed E-state index contributed by atoms with van der Waals surface area (Å²) in [6.45, 7) is 3.89. The number of halogens is 1. The van der Waals surface area contributed by atoms with Gasteiger partial charge < -0.3 is 5.32 Å². The molecule has 1 aromatic heterocycles. The summed E-state index contributed by atoms with van der Waals surface area (Å²) in [6.07, 6.45) is 1.55. The molecule has 1 atom stereocenters. The molecule has 0 radical (unpaired) electrons. The molecule has 0 aliphatic rings. The Morgan fingerprint density at radius 2 is 2.00 bits per heavy atom. The minimum atomic E-state index is -0.0402. The van der Waals surface area contributed by atoms with Crippen LogP contribution in [0.4, 0.5) is 11.5 Å². The van der Waals surface area contributed by atoms with Gasteiger partial charge in [0.25, 0.3) is 0 Å². The summed E-state index contributed by atoms with van der Waals surface area (Å²) < 4.78 is 0. The summed E-state index contributed by atoms with van der Waals surface area (Å²) in [5, 5.41) is 3.22. The lowest BCUT2D eigenvalue weighted by atomic mass is 10.1. The van der Waals surface area contributed by atoms with E-state index in [2.05, 4.69) is 15.3 Å². The molecule has 17 heavy (non-hydrogen) atoms. The normalized spacial score (nSPS) is 12.2. The Morgan fingerprint density at radius 1 is 1.24 bits per heavy atom. The van der Waals surface area contributed by atoms with Gasteiger partial charge in [-0.3, -0.25) is 0 Å². The van der Waals surface area contributed by atoms with Gasteiger partial charge in [0.1, 0.15) is 12.1 Å². The van der Waals surface area contributed by atoms with Gasteiger partial charge in [-0.25, -0.2) is 9.97 Å². The standard InChI is InChI=1S/C13H14ClN3/c1-9-7-13(16-8-15-9)17-12-6-4-3-5-11(12)10(2)14/h3-8,10H,1-2H3,(H,15,16,17). The number of benzene rings is 1. The number of nitrogens with one attached hydrogen (secondary N) is 1. The third-order valence-corrected chi connectivity index (χ3v) is 2.69. The quantitative estimate of drug-likeness (QED) is 0.838. The molecule has 1 unspecified atom stereocenters. The Bertz CT molecular complexity index is 512. The van der Waals surface area contributed by atoms with Crippen molar-refractivity contribution < 1.29 is 0 Å². The van der Waals surface area contributed by atoms with E-state index in [9.17, 15) is 0 Å². The molecular weight excluding hydrogens is 234 g/mol. The van der Waals surface area contributed by atoms with Crippen molar-refractivity contribution in [3.63, 3.8) is 0 Å². The second kappa shape index (κ2) is 5.15. The number of alkyl halides is 1. The van der Waals surface area contributed by atoms with Crippen molar-refractivity contribution in [3.05, 3.63) is 47.9 Å². The zero-order valence-corrected chi connectivity index (χ0v) is 10.6. The summed E-state index contributed by atoms with van der Waals surface area (Å²) in [5.41, 5.74) is 2.97. The van der Waals surface area contributed by atoms with Crippen LogP contribution in [0, 0.1) is 6.92 Å². The highest BCUT2D eigenvalue weighted by Crippen LogP contribution is 2.28. The monoisotopic (exact) mass is 247 g/mol. The predicted octanol–water partition coefficient (Wildman–Crippen LogP) is 3.83. The number of aryl methyl sites for hydroxylation is 1. The first-order valence-corrected chi connectivity index (χ1v) is 5.89. The summed E-state index contributed by atoms with van der Waals surface area (Å²) >= 11 is 6.13. The molecule has 88 valence electrons. The lowest BCUT2D eigenvalue weighted by Crippen LogP contribution is -1.99. The molecule has 0 bridgehead atoms. The summed E-state index contributed by atoms with van der Waals surface area (Å²) in [5.74, 6) is 0.780. The maximum atomic E-state index is 6.13. The van der Waals surface area contributed by atoms with Gasteiger partial charge >= 0.3 is 0 Å². The summed E-state index contributed by atoms with van der Waals surface area (Å²) in [6, 6.07) is 9.85. The van der Waals surface area contributed by atoms with E-state index in [0.29, 0.717) is 0 Å². The minimum Gasteiger partial charge on any atom is -0.340 e. The molecule has 1 N–H and O–H groups in total. The second-order valence-corrected chi connectivity index (χ2v) is 4.53. The van der Waals surface area contributed by atoms with Crippen LogP contribution in [0.1, 0.15) is 23.6 Å². The van der Waals surface area contributed by atoms with Crippen molar-refractivity contribution >= 4 is 23.1 Å². The highest BCUT2D eigenvalue weighted by Gasteiger charge is 2.07. The van der Waals surface area contributed by atoms with Gasteiger partial charge in [0.05, 0.1) is 5.38 Å². The third-order valence-electron chi connectivity index (χ3n) is 2.46. The van der Waals surface area contributed by atoms with E-state index in [0.717, 1.165) is 22.8 Å². The van der Waals surface area contributed by atoms with Crippen LogP contribution in [0.3, 0.4) is 0 Å². The Hall–Kier alpha value is -1.61. The smallest absolute Gasteiger partial charge is 0.133 e. The molecule has 0 amide bonds. The van der Waals surface area contributed by atoms with Gasteiger partial charge in [0.2, 0.25) is 0 Å². The van der Waals surface area contributed by atoms with Gasteiger partial charge in [-0.2, -0.15) is 0 Å². The molecule has 2 rings (SSSR count). The van der Waals surface area contributed by atoms with Crippen molar-refractivity contribution in [3.8, 4) is 0 Å². The molecule has 4 heteroatoms. The highest BCUT2D eigenvalue weighted by molar-refractivity contribution is 6.21. The average Bonchev–Trinajstić information content (AvgIpc) is 2.29. The molecule has 2 aromatic rings. The molecule has 0 aliphatic heterocycles. The largest absolute Gasteiger partial charge is 0.340 e. The van der Waals surface area contributed by atoms with Crippen molar-refractivity contribution in [2.45, 2.75) is 19.2 Å². The predicted molar refractivity (Wildman–Crippen MR) is 70.8 cm³/mol. The Morgan fingerprint density at radius 3 is 2.71 bits per heavy atom. The molecule has 1 heterocycles. The van der Waals surface area contributed by atoms with Gasteiger partial charge in [-0.05, 0) is 25.5 Å². The number of hydrogen-bond donors (Lipinski definition) is 1. The lowest BCUT2D eigenvalue weighted by Gasteiger charge is -2.12. The molecule has 0 saturated heterocycles. The maximum Gasteiger partial charge on any atom is 0.133 e. The van der Waals surface area contributed by atoms with E-state index in [1.165, 1.54) is 0 Å². The van der Waals surface area contributed by atoms with E-state index in [1.54, 1.807) is 6.33 Å². The topological polar surface area (TPSA) is 37.8 Å². The van der Waals surface area contributed by atoms with Crippen LogP contribution < -0.4 is 5.32 Å². The van der Waals surface area contributed by atoms with E-state index < -0.39 is 0 Å². The molecular formula is C13H14ClN3.